The van der Waals surface area contributed by atoms with Gasteiger partial charge in [0.1, 0.15) is 6.04 Å². The summed E-state index contributed by atoms with van der Waals surface area (Å²) < 4.78 is 5.16. The second kappa shape index (κ2) is 7.78. The molecule has 21 heavy (non-hydrogen) atoms. The molecule has 2 atom stereocenters. The molecule has 5 heteroatoms. The van der Waals surface area contributed by atoms with E-state index >= 15 is 0 Å². The van der Waals surface area contributed by atoms with Crippen molar-refractivity contribution >= 4 is 11.8 Å². The number of nitrogens with zero attached hydrogens (tertiary/aromatic N) is 1. The fraction of sp³-hybridized carbons (Fsp3) is 0.875. The Labute approximate surface area is 127 Å². The number of hydrogen-bond donors (Lipinski definition) is 1. The van der Waals surface area contributed by atoms with Crippen LogP contribution in [-0.4, -0.2) is 49.6 Å². The third-order valence-electron chi connectivity index (χ3n) is 4.61. The van der Waals surface area contributed by atoms with E-state index < -0.39 is 0 Å². The molecule has 0 spiro atoms. The van der Waals surface area contributed by atoms with Gasteiger partial charge in [0, 0.05) is 26.6 Å². The van der Waals surface area contributed by atoms with Gasteiger partial charge in [0.25, 0.3) is 0 Å². The first-order chi connectivity index (χ1) is 10.1. The Bertz CT molecular complexity index is 367. The maximum atomic E-state index is 12.8. The second-order valence-corrected chi connectivity index (χ2v) is 6.54. The molecule has 2 fully saturated rings. The minimum Gasteiger partial charge on any atom is -0.384 e. The molecule has 2 rings (SSSR count). The molecule has 1 aliphatic heterocycles. The highest BCUT2D eigenvalue weighted by Gasteiger charge is 2.36. The van der Waals surface area contributed by atoms with E-state index in [9.17, 15) is 9.59 Å². The quantitative estimate of drug-likeness (QED) is 0.837. The molecule has 1 saturated carbocycles. The van der Waals surface area contributed by atoms with Gasteiger partial charge < -0.3 is 15.0 Å². The van der Waals surface area contributed by atoms with Crippen LogP contribution in [0.3, 0.4) is 0 Å². The topological polar surface area (TPSA) is 58.6 Å². The highest BCUT2D eigenvalue weighted by Crippen LogP contribution is 2.28. The molecule has 2 amide bonds. The molecule has 0 aromatic carbocycles. The smallest absolute Gasteiger partial charge is 0.245 e. The Kier molecular flexibility index (Phi) is 6.03. The van der Waals surface area contributed by atoms with Crippen molar-refractivity contribution in [2.75, 3.05) is 26.8 Å². The average molecular weight is 296 g/mol. The van der Waals surface area contributed by atoms with Crippen LogP contribution in [0.15, 0.2) is 0 Å². The molecule has 2 aliphatic rings. The third kappa shape index (κ3) is 4.43. The number of rotatable bonds is 5. The molecule has 1 heterocycles. The van der Waals surface area contributed by atoms with Crippen LogP contribution in [0.2, 0.25) is 0 Å². The number of nitrogens with one attached hydrogen (secondary N) is 1. The number of ether oxygens (including phenoxy) is 1. The molecule has 1 N–H and O–H groups in total. The molecule has 5 nitrogen and oxygen atoms in total. The monoisotopic (exact) mass is 296 g/mol. The van der Waals surface area contributed by atoms with Crippen molar-refractivity contribution in [3.63, 3.8) is 0 Å². The predicted octanol–water partition coefficient (Wildman–Crippen LogP) is 1.57. The molecular formula is C16H28N2O3. The highest BCUT2D eigenvalue weighted by molar-refractivity contribution is 5.90. The first-order valence-electron chi connectivity index (χ1n) is 8.19. The van der Waals surface area contributed by atoms with Gasteiger partial charge in [-0.15, -0.1) is 0 Å². The summed E-state index contributed by atoms with van der Waals surface area (Å²) in [5.41, 5.74) is 0. The Morgan fingerprint density at radius 3 is 2.67 bits per heavy atom. The zero-order valence-corrected chi connectivity index (χ0v) is 13.3. The number of carbonyl (C=O) groups is 2. The number of hydrogen-bond acceptors (Lipinski definition) is 3. The minimum absolute atomic E-state index is 0.0146. The minimum atomic E-state index is -0.310. The van der Waals surface area contributed by atoms with Crippen LogP contribution >= 0.6 is 0 Å². The molecule has 1 saturated heterocycles. The lowest BCUT2D eigenvalue weighted by molar-refractivity contribution is -0.136. The SMILES string of the molecule is COCC(C)CN1CCC(=O)NC(C2CCCCC2)C1=O. The van der Waals surface area contributed by atoms with Gasteiger partial charge in [0.15, 0.2) is 0 Å². The fourth-order valence-electron chi connectivity index (χ4n) is 3.53. The summed E-state index contributed by atoms with van der Waals surface area (Å²) >= 11 is 0. The van der Waals surface area contributed by atoms with Crippen LogP contribution in [0.25, 0.3) is 0 Å². The van der Waals surface area contributed by atoms with Gasteiger partial charge >= 0.3 is 0 Å². The zero-order valence-electron chi connectivity index (χ0n) is 13.3. The summed E-state index contributed by atoms with van der Waals surface area (Å²) in [6.45, 7) is 3.92. The standard InChI is InChI=1S/C16H28N2O3/c1-12(11-21-2)10-18-9-8-14(19)17-15(16(18)20)13-6-4-3-5-7-13/h12-13,15H,3-11H2,1-2H3,(H,17,19). The van der Waals surface area contributed by atoms with E-state index in [1.54, 1.807) is 7.11 Å². The van der Waals surface area contributed by atoms with Crippen molar-refractivity contribution in [1.82, 2.24) is 10.2 Å². The van der Waals surface area contributed by atoms with Crippen LogP contribution < -0.4 is 5.32 Å². The molecule has 0 bridgehead atoms. The van der Waals surface area contributed by atoms with E-state index in [2.05, 4.69) is 12.2 Å². The summed E-state index contributed by atoms with van der Waals surface area (Å²) in [6.07, 6.45) is 6.11. The Morgan fingerprint density at radius 1 is 1.29 bits per heavy atom. The van der Waals surface area contributed by atoms with Crippen molar-refractivity contribution in [1.29, 1.82) is 0 Å². The molecule has 2 unspecified atom stereocenters. The van der Waals surface area contributed by atoms with Crippen molar-refractivity contribution < 1.29 is 14.3 Å². The van der Waals surface area contributed by atoms with Crippen molar-refractivity contribution in [3.8, 4) is 0 Å². The molecule has 0 aromatic rings. The van der Waals surface area contributed by atoms with Gasteiger partial charge in [0.05, 0.1) is 6.61 Å². The Morgan fingerprint density at radius 2 is 2.00 bits per heavy atom. The summed E-state index contributed by atoms with van der Waals surface area (Å²) in [4.78, 5) is 26.6. The zero-order chi connectivity index (χ0) is 15.2. The van der Waals surface area contributed by atoms with E-state index in [4.69, 9.17) is 4.74 Å². The molecule has 120 valence electrons. The fourth-order valence-corrected chi connectivity index (χ4v) is 3.53. The first-order valence-corrected chi connectivity index (χ1v) is 8.19. The molecule has 0 aromatic heterocycles. The summed E-state index contributed by atoms with van der Waals surface area (Å²) in [7, 11) is 1.68. The lowest BCUT2D eigenvalue weighted by Gasteiger charge is -2.32. The van der Waals surface area contributed by atoms with E-state index in [-0.39, 0.29) is 17.9 Å². The maximum Gasteiger partial charge on any atom is 0.245 e. The van der Waals surface area contributed by atoms with Crippen LogP contribution in [-0.2, 0) is 14.3 Å². The second-order valence-electron chi connectivity index (χ2n) is 6.54. The number of methoxy groups -OCH3 is 1. The van der Waals surface area contributed by atoms with Gasteiger partial charge in [-0.1, -0.05) is 26.2 Å². The van der Waals surface area contributed by atoms with E-state index in [0.717, 1.165) is 12.8 Å². The summed E-state index contributed by atoms with van der Waals surface area (Å²) in [6, 6.07) is -0.310. The molecule has 0 radical (unpaired) electrons. The van der Waals surface area contributed by atoms with Crippen molar-refractivity contribution in [2.45, 2.75) is 51.5 Å². The maximum absolute atomic E-state index is 12.8. The van der Waals surface area contributed by atoms with Gasteiger partial charge in [-0.25, -0.2) is 0 Å². The van der Waals surface area contributed by atoms with Gasteiger partial charge in [-0.2, -0.15) is 0 Å². The van der Waals surface area contributed by atoms with Crippen LogP contribution in [0, 0.1) is 11.8 Å². The van der Waals surface area contributed by atoms with Gasteiger partial charge in [-0.3, -0.25) is 9.59 Å². The van der Waals surface area contributed by atoms with Crippen molar-refractivity contribution in [2.24, 2.45) is 11.8 Å². The molecular weight excluding hydrogens is 268 g/mol. The van der Waals surface area contributed by atoms with E-state index in [1.807, 2.05) is 4.90 Å². The van der Waals surface area contributed by atoms with Gasteiger partial charge in [-0.05, 0) is 24.7 Å². The van der Waals surface area contributed by atoms with Crippen molar-refractivity contribution in [3.05, 3.63) is 0 Å². The van der Waals surface area contributed by atoms with Gasteiger partial charge in [0.2, 0.25) is 11.8 Å². The summed E-state index contributed by atoms with van der Waals surface area (Å²) in [5.74, 6) is 0.726. The lowest BCUT2D eigenvalue weighted by Crippen LogP contribution is -2.50. The van der Waals surface area contributed by atoms with E-state index in [0.29, 0.717) is 38.0 Å². The Hall–Kier alpha value is -1.10. The Balaban J connectivity index is 2.04. The molecule has 1 aliphatic carbocycles. The van der Waals surface area contributed by atoms with E-state index in [1.165, 1.54) is 19.3 Å². The van der Waals surface area contributed by atoms with Crippen LogP contribution in [0.4, 0.5) is 0 Å². The number of amides is 2. The summed E-state index contributed by atoms with van der Waals surface area (Å²) in [5, 5.41) is 2.97. The lowest BCUT2D eigenvalue weighted by atomic mass is 9.83. The third-order valence-corrected chi connectivity index (χ3v) is 4.61. The van der Waals surface area contributed by atoms with Crippen LogP contribution in [0.1, 0.15) is 45.4 Å². The largest absolute Gasteiger partial charge is 0.384 e. The highest BCUT2D eigenvalue weighted by atomic mass is 16.5. The predicted molar refractivity (Wildman–Crippen MR) is 80.7 cm³/mol. The average Bonchev–Trinajstić information content (AvgIpc) is 2.62. The first kappa shape index (κ1) is 16.3. The van der Waals surface area contributed by atoms with Crippen LogP contribution in [0.5, 0.6) is 0 Å². The normalized spacial score (nSPS) is 26.4. The number of carbonyl (C=O) groups excluding carboxylic acids is 2.